The van der Waals surface area contributed by atoms with Crippen molar-refractivity contribution in [2.24, 2.45) is 0 Å². The van der Waals surface area contributed by atoms with E-state index in [2.05, 4.69) is 21.2 Å². The summed E-state index contributed by atoms with van der Waals surface area (Å²) < 4.78 is 14.2. The highest BCUT2D eigenvalue weighted by Gasteiger charge is 2.18. The van der Waals surface area contributed by atoms with E-state index in [1.54, 1.807) is 6.07 Å². The van der Waals surface area contributed by atoms with E-state index in [-0.39, 0.29) is 17.8 Å². The molecule has 116 valence electrons. The largest absolute Gasteiger partial charge is 0.325 e. The number of hydrogen-bond donors (Lipinski definition) is 1. The molecule has 3 nitrogen and oxygen atoms in total. The summed E-state index contributed by atoms with van der Waals surface area (Å²) in [6.07, 6.45) is 0. The van der Waals surface area contributed by atoms with Crippen molar-refractivity contribution in [1.82, 2.24) is 4.90 Å². The van der Waals surface area contributed by atoms with Crippen LogP contribution in [-0.2, 0) is 11.3 Å². The van der Waals surface area contributed by atoms with Crippen LogP contribution in [0.3, 0.4) is 0 Å². The molecule has 1 N–H and O–H groups in total. The molecule has 0 spiro atoms. The van der Waals surface area contributed by atoms with Gasteiger partial charge in [-0.05, 0) is 55.9 Å². The molecule has 0 saturated heterocycles. The molecule has 0 aliphatic rings. The number of likely N-dealkylation sites (N-methyl/N-ethyl adjacent to an activating group) is 1. The van der Waals surface area contributed by atoms with Crippen molar-refractivity contribution in [2.75, 3.05) is 12.4 Å². The van der Waals surface area contributed by atoms with Gasteiger partial charge in [0.25, 0.3) is 0 Å². The summed E-state index contributed by atoms with van der Waals surface area (Å²) in [5.41, 5.74) is 1.59. The Morgan fingerprint density at radius 3 is 2.59 bits per heavy atom. The van der Waals surface area contributed by atoms with E-state index in [0.717, 1.165) is 15.7 Å². The maximum Gasteiger partial charge on any atom is 0.241 e. The normalized spacial score (nSPS) is 12.2. The number of nitrogens with zero attached hydrogens (tertiary/aromatic N) is 1. The van der Waals surface area contributed by atoms with Crippen molar-refractivity contribution < 1.29 is 9.18 Å². The lowest BCUT2D eigenvalue weighted by molar-refractivity contribution is -0.120. The van der Waals surface area contributed by atoms with Crippen LogP contribution in [0.1, 0.15) is 12.5 Å². The quantitative estimate of drug-likeness (QED) is 0.867. The Labute approximate surface area is 138 Å². The van der Waals surface area contributed by atoms with Crippen LogP contribution in [0.15, 0.2) is 53.0 Å². The van der Waals surface area contributed by atoms with Gasteiger partial charge < -0.3 is 5.32 Å². The van der Waals surface area contributed by atoms with Crippen molar-refractivity contribution in [3.8, 4) is 0 Å². The van der Waals surface area contributed by atoms with Gasteiger partial charge in [0.2, 0.25) is 5.91 Å². The number of carbonyl (C=O) groups excluding carboxylic acids is 1. The van der Waals surface area contributed by atoms with Crippen LogP contribution >= 0.6 is 15.9 Å². The Hall–Kier alpha value is -1.72. The Bertz CT molecular complexity index is 645. The van der Waals surface area contributed by atoms with Crippen LogP contribution in [-0.4, -0.2) is 23.9 Å². The third kappa shape index (κ3) is 4.64. The average Bonchev–Trinajstić information content (AvgIpc) is 2.48. The van der Waals surface area contributed by atoms with Crippen molar-refractivity contribution >= 4 is 27.5 Å². The zero-order chi connectivity index (χ0) is 16.1. The van der Waals surface area contributed by atoms with Crippen molar-refractivity contribution in [1.29, 1.82) is 0 Å². The van der Waals surface area contributed by atoms with E-state index in [9.17, 15) is 9.18 Å². The molecule has 0 heterocycles. The van der Waals surface area contributed by atoms with Gasteiger partial charge in [0, 0.05) is 16.7 Å². The zero-order valence-corrected chi connectivity index (χ0v) is 14.1. The standard InChI is InChI=1S/C17H18BrFN2O/c1-12(17(22)20-16-8-6-14(18)7-9-16)21(2)11-13-4-3-5-15(19)10-13/h3-10,12H,11H2,1-2H3,(H,20,22)/t12-/m1/s1. The van der Waals surface area contributed by atoms with Crippen LogP contribution in [0.25, 0.3) is 0 Å². The number of nitrogens with one attached hydrogen (secondary N) is 1. The first-order valence-electron chi connectivity index (χ1n) is 6.97. The molecule has 0 aliphatic carbocycles. The van der Waals surface area contributed by atoms with Crippen LogP contribution in [0.4, 0.5) is 10.1 Å². The van der Waals surface area contributed by atoms with Gasteiger partial charge in [0.1, 0.15) is 5.82 Å². The van der Waals surface area contributed by atoms with Crippen molar-refractivity contribution in [3.05, 3.63) is 64.4 Å². The molecular formula is C17H18BrFN2O. The van der Waals surface area contributed by atoms with Gasteiger partial charge in [0.15, 0.2) is 0 Å². The highest BCUT2D eigenvalue weighted by atomic mass is 79.9. The minimum Gasteiger partial charge on any atom is -0.325 e. The van der Waals surface area contributed by atoms with Crippen molar-refractivity contribution in [2.45, 2.75) is 19.5 Å². The van der Waals surface area contributed by atoms with Gasteiger partial charge in [0.05, 0.1) is 6.04 Å². The van der Waals surface area contributed by atoms with E-state index in [4.69, 9.17) is 0 Å². The summed E-state index contributed by atoms with van der Waals surface area (Å²) >= 11 is 3.36. The molecule has 1 amide bonds. The topological polar surface area (TPSA) is 32.3 Å². The third-order valence-corrected chi connectivity index (χ3v) is 4.00. The number of benzene rings is 2. The van der Waals surface area contributed by atoms with E-state index in [1.165, 1.54) is 12.1 Å². The fraction of sp³-hybridized carbons (Fsp3) is 0.235. The monoisotopic (exact) mass is 364 g/mol. The van der Waals surface area contributed by atoms with Gasteiger partial charge in [-0.1, -0.05) is 28.1 Å². The van der Waals surface area contributed by atoms with Crippen LogP contribution in [0, 0.1) is 5.82 Å². The molecule has 0 fully saturated rings. The Kier molecular flexibility index (Phi) is 5.69. The Morgan fingerprint density at radius 1 is 1.27 bits per heavy atom. The predicted molar refractivity (Wildman–Crippen MR) is 90.1 cm³/mol. The number of carbonyl (C=O) groups is 1. The molecule has 0 saturated carbocycles. The van der Waals surface area contributed by atoms with E-state index >= 15 is 0 Å². The maximum absolute atomic E-state index is 13.2. The molecule has 2 aromatic rings. The summed E-state index contributed by atoms with van der Waals surface area (Å²) in [6, 6.07) is 13.5. The number of halogens is 2. The molecule has 0 aromatic heterocycles. The van der Waals surface area contributed by atoms with E-state index in [1.807, 2.05) is 49.2 Å². The summed E-state index contributed by atoms with van der Waals surface area (Å²) in [4.78, 5) is 14.1. The number of rotatable bonds is 5. The minimum atomic E-state index is -0.327. The first-order valence-corrected chi connectivity index (χ1v) is 7.76. The molecule has 22 heavy (non-hydrogen) atoms. The second-order valence-electron chi connectivity index (χ2n) is 5.22. The first kappa shape index (κ1) is 16.6. The molecule has 1 atom stereocenters. The van der Waals surface area contributed by atoms with Gasteiger partial charge >= 0.3 is 0 Å². The highest BCUT2D eigenvalue weighted by molar-refractivity contribution is 9.10. The van der Waals surface area contributed by atoms with Gasteiger partial charge in [-0.15, -0.1) is 0 Å². The lowest BCUT2D eigenvalue weighted by atomic mass is 10.2. The SMILES string of the molecule is C[C@H](C(=O)Nc1ccc(Br)cc1)N(C)Cc1cccc(F)c1. The second-order valence-corrected chi connectivity index (χ2v) is 6.13. The van der Waals surface area contributed by atoms with Gasteiger partial charge in [-0.3, -0.25) is 9.69 Å². The minimum absolute atomic E-state index is 0.0961. The zero-order valence-electron chi connectivity index (χ0n) is 12.5. The molecule has 2 rings (SSSR count). The molecule has 2 aromatic carbocycles. The molecule has 0 aliphatic heterocycles. The predicted octanol–water partition coefficient (Wildman–Crippen LogP) is 4.05. The van der Waals surface area contributed by atoms with E-state index < -0.39 is 0 Å². The molecular weight excluding hydrogens is 347 g/mol. The lowest BCUT2D eigenvalue weighted by Gasteiger charge is -2.24. The fourth-order valence-electron chi connectivity index (χ4n) is 2.04. The summed E-state index contributed by atoms with van der Waals surface area (Å²) in [5, 5.41) is 2.87. The molecule has 5 heteroatoms. The molecule has 0 bridgehead atoms. The van der Waals surface area contributed by atoms with Crippen LogP contribution in [0.2, 0.25) is 0 Å². The smallest absolute Gasteiger partial charge is 0.241 e. The van der Waals surface area contributed by atoms with Crippen molar-refractivity contribution in [3.63, 3.8) is 0 Å². The summed E-state index contributed by atoms with van der Waals surface area (Å²) in [5.74, 6) is -0.362. The van der Waals surface area contributed by atoms with Crippen LogP contribution in [0.5, 0.6) is 0 Å². The summed E-state index contributed by atoms with van der Waals surface area (Å²) in [7, 11) is 1.84. The van der Waals surface area contributed by atoms with Crippen LogP contribution < -0.4 is 5.32 Å². The molecule has 0 unspecified atom stereocenters. The fourth-order valence-corrected chi connectivity index (χ4v) is 2.30. The average molecular weight is 365 g/mol. The number of anilines is 1. The maximum atomic E-state index is 13.2. The number of hydrogen-bond acceptors (Lipinski definition) is 2. The Morgan fingerprint density at radius 2 is 1.95 bits per heavy atom. The second kappa shape index (κ2) is 7.51. The number of amides is 1. The van der Waals surface area contributed by atoms with Gasteiger partial charge in [-0.2, -0.15) is 0 Å². The van der Waals surface area contributed by atoms with Gasteiger partial charge in [-0.25, -0.2) is 4.39 Å². The first-order chi connectivity index (χ1) is 10.5. The lowest BCUT2D eigenvalue weighted by Crippen LogP contribution is -2.39. The third-order valence-electron chi connectivity index (χ3n) is 3.47. The van der Waals surface area contributed by atoms with E-state index in [0.29, 0.717) is 6.54 Å². The Balaban J connectivity index is 1.95. The summed E-state index contributed by atoms with van der Waals surface area (Å²) in [6.45, 7) is 2.33. The molecule has 0 radical (unpaired) electrons. The highest BCUT2D eigenvalue weighted by Crippen LogP contribution is 2.15.